The van der Waals surface area contributed by atoms with E-state index in [9.17, 15) is 0 Å². The zero-order valence-electron chi connectivity index (χ0n) is 10.9. The second-order valence-electron chi connectivity index (χ2n) is 4.74. The lowest BCUT2D eigenvalue weighted by Crippen LogP contribution is -2.00. The zero-order chi connectivity index (χ0) is 13.1. The summed E-state index contributed by atoms with van der Waals surface area (Å²) in [5.74, 6) is 0. The van der Waals surface area contributed by atoms with Crippen LogP contribution in [0.25, 0.3) is 10.8 Å². The van der Waals surface area contributed by atoms with Crippen LogP contribution >= 0.6 is 0 Å². The van der Waals surface area contributed by atoms with Crippen molar-refractivity contribution in [3.63, 3.8) is 0 Å². The molecule has 2 nitrogen and oxygen atoms in total. The Morgan fingerprint density at radius 1 is 1.00 bits per heavy atom. The number of hydrogen-bond acceptors (Lipinski definition) is 2. The fraction of sp³-hybridized carbons (Fsp3) is 0.118. The predicted molar refractivity (Wildman–Crippen MR) is 80.2 cm³/mol. The zero-order valence-corrected chi connectivity index (χ0v) is 10.9. The van der Waals surface area contributed by atoms with E-state index in [0.717, 1.165) is 12.2 Å². The number of rotatable bonds is 3. The molecule has 1 heterocycles. The molecule has 2 heteroatoms. The Kier molecular flexibility index (Phi) is 3.15. The number of benzene rings is 2. The molecular formula is C17H16N2. The Labute approximate surface area is 113 Å². The minimum atomic E-state index is 0.812. The average Bonchev–Trinajstić information content (AvgIpc) is 2.45. The first-order chi connectivity index (χ1) is 9.33. The van der Waals surface area contributed by atoms with Gasteiger partial charge in [0.2, 0.25) is 0 Å². The largest absolute Gasteiger partial charge is 0.380 e. The molecule has 19 heavy (non-hydrogen) atoms. The minimum Gasteiger partial charge on any atom is -0.380 e. The first kappa shape index (κ1) is 11.7. The molecule has 0 saturated heterocycles. The van der Waals surface area contributed by atoms with E-state index in [-0.39, 0.29) is 0 Å². The van der Waals surface area contributed by atoms with Gasteiger partial charge in [-0.3, -0.25) is 4.98 Å². The summed E-state index contributed by atoms with van der Waals surface area (Å²) in [4.78, 5) is 4.20. The van der Waals surface area contributed by atoms with Gasteiger partial charge in [-0.2, -0.15) is 0 Å². The van der Waals surface area contributed by atoms with Crippen molar-refractivity contribution in [2.45, 2.75) is 13.5 Å². The lowest BCUT2D eigenvalue weighted by molar-refractivity contribution is 1.14. The maximum atomic E-state index is 4.20. The van der Waals surface area contributed by atoms with Crippen LogP contribution < -0.4 is 5.32 Å². The average molecular weight is 248 g/mol. The first-order valence-electron chi connectivity index (χ1n) is 6.45. The number of nitrogens with zero attached hydrogens (tertiary/aromatic N) is 1. The fourth-order valence-corrected chi connectivity index (χ4v) is 2.30. The van der Waals surface area contributed by atoms with Crippen LogP contribution in [0.1, 0.15) is 11.1 Å². The van der Waals surface area contributed by atoms with Crippen molar-refractivity contribution in [2.24, 2.45) is 0 Å². The molecule has 0 bridgehead atoms. The normalized spacial score (nSPS) is 10.6. The van der Waals surface area contributed by atoms with Gasteiger partial charge in [-0.25, -0.2) is 0 Å². The fourth-order valence-electron chi connectivity index (χ4n) is 2.30. The highest BCUT2D eigenvalue weighted by Gasteiger charge is 2.00. The summed E-state index contributed by atoms with van der Waals surface area (Å²) < 4.78 is 0. The van der Waals surface area contributed by atoms with Crippen LogP contribution in [-0.2, 0) is 6.54 Å². The van der Waals surface area contributed by atoms with E-state index in [4.69, 9.17) is 0 Å². The molecular weight excluding hydrogens is 232 g/mol. The van der Waals surface area contributed by atoms with E-state index in [2.05, 4.69) is 65.8 Å². The summed E-state index contributed by atoms with van der Waals surface area (Å²) >= 11 is 0. The van der Waals surface area contributed by atoms with Crippen LogP contribution in [0.4, 0.5) is 5.69 Å². The van der Waals surface area contributed by atoms with Gasteiger partial charge in [-0.1, -0.05) is 42.5 Å². The summed E-state index contributed by atoms with van der Waals surface area (Å²) in [6, 6.07) is 17.0. The van der Waals surface area contributed by atoms with Crippen molar-refractivity contribution in [1.82, 2.24) is 4.98 Å². The van der Waals surface area contributed by atoms with Gasteiger partial charge >= 0.3 is 0 Å². The van der Waals surface area contributed by atoms with Gasteiger partial charge in [0.05, 0.1) is 5.69 Å². The number of anilines is 1. The highest BCUT2D eigenvalue weighted by Crippen LogP contribution is 2.19. The molecule has 0 atom stereocenters. The summed E-state index contributed by atoms with van der Waals surface area (Å²) in [6.07, 6.45) is 3.72. The van der Waals surface area contributed by atoms with Crippen LogP contribution in [0.3, 0.4) is 0 Å². The van der Waals surface area contributed by atoms with Gasteiger partial charge in [0, 0.05) is 18.9 Å². The van der Waals surface area contributed by atoms with Gasteiger partial charge < -0.3 is 5.32 Å². The van der Waals surface area contributed by atoms with Crippen molar-refractivity contribution in [3.05, 3.63) is 72.1 Å². The summed E-state index contributed by atoms with van der Waals surface area (Å²) in [5, 5.41) is 6.02. The topological polar surface area (TPSA) is 24.9 Å². The molecule has 94 valence electrons. The minimum absolute atomic E-state index is 0.812. The summed E-state index contributed by atoms with van der Waals surface area (Å²) in [7, 11) is 0. The second-order valence-corrected chi connectivity index (χ2v) is 4.74. The smallest absolute Gasteiger partial charge is 0.0532 e. The molecule has 0 aliphatic carbocycles. The predicted octanol–water partition coefficient (Wildman–Crippen LogP) is 4.16. The summed E-state index contributed by atoms with van der Waals surface area (Å²) in [5.41, 5.74) is 3.54. The van der Waals surface area contributed by atoms with Crippen LogP contribution in [0.5, 0.6) is 0 Å². The molecule has 0 fully saturated rings. The first-order valence-corrected chi connectivity index (χ1v) is 6.45. The molecule has 0 amide bonds. The lowest BCUT2D eigenvalue weighted by Gasteiger charge is -2.09. The number of hydrogen-bond donors (Lipinski definition) is 1. The van der Waals surface area contributed by atoms with Crippen molar-refractivity contribution >= 4 is 16.5 Å². The second kappa shape index (κ2) is 5.11. The Morgan fingerprint density at radius 3 is 2.74 bits per heavy atom. The monoisotopic (exact) mass is 248 g/mol. The molecule has 0 saturated carbocycles. The Hall–Kier alpha value is -2.35. The lowest BCUT2D eigenvalue weighted by atomic mass is 10.0. The van der Waals surface area contributed by atoms with Crippen LogP contribution in [0, 0.1) is 6.92 Å². The van der Waals surface area contributed by atoms with Gasteiger partial charge in [-0.15, -0.1) is 0 Å². The molecule has 0 unspecified atom stereocenters. The molecule has 0 aliphatic heterocycles. The van der Waals surface area contributed by atoms with Crippen LogP contribution in [0.2, 0.25) is 0 Å². The van der Waals surface area contributed by atoms with E-state index in [1.807, 2.05) is 12.4 Å². The molecule has 0 aliphatic rings. The maximum absolute atomic E-state index is 4.20. The molecule has 2 aromatic carbocycles. The van der Waals surface area contributed by atoms with Crippen molar-refractivity contribution < 1.29 is 0 Å². The number of fused-ring (bicyclic) bond motifs is 1. The van der Waals surface area contributed by atoms with Crippen molar-refractivity contribution in [1.29, 1.82) is 0 Å². The van der Waals surface area contributed by atoms with E-state index < -0.39 is 0 Å². The molecule has 1 N–H and O–H groups in total. The number of nitrogens with one attached hydrogen (secondary N) is 1. The third-order valence-electron chi connectivity index (χ3n) is 3.24. The summed E-state index contributed by atoms with van der Waals surface area (Å²) in [6.45, 7) is 2.86. The van der Waals surface area contributed by atoms with E-state index in [1.165, 1.54) is 21.9 Å². The number of aromatic nitrogens is 1. The Morgan fingerprint density at radius 2 is 1.84 bits per heavy atom. The molecule has 3 rings (SSSR count). The van der Waals surface area contributed by atoms with Gasteiger partial charge in [0.15, 0.2) is 0 Å². The maximum Gasteiger partial charge on any atom is 0.0532 e. The molecule has 0 spiro atoms. The highest BCUT2D eigenvalue weighted by atomic mass is 14.9. The molecule has 0 radical (unpaired) electrons. The number of pyridine rings is 1. The number of aryl methyl sites for hydroxylation is 1. The third kappa shape index (κ3) is 2.58. The Balaban J connectivity index is 1.86. The van der Waals surface area contributed by atoms with E-state index in [1.54, 1.807) is 0 Å². The molecule has 1 aromatic heterocycles. The quantitative estimate of drug-likeness (QED) is 0.753. The van der Waals surface area contributed by atoms with Gasteiger partial charge in [-0.05, 0) is 34.9 Å². The third-order valence-corrected chi connectivity index (χ3v) is 3.24. The van der Waals surface area contributed by atoms with Gasteiger partial charge in [0.25, 0.3) is 0 Å². The van der Waals surface area contributed by atoms with E-state index in [0.29, 0.717) is 0 Å². The van der Waals surface area contributed by atoms with E-state index >= 15 is 0 Å². The highest BCUT2D eigenvalue weighted by molar-refractivity contribution is 5.85. The Bertz CT molecular complexity index is 699. The van der Waals surface area contributed by atoms with Crippen LogP contribution in [0.15, 0.2) is 60.9 Å². The molecule has 3 aromatic rings. The SMILES string of the molecule is Cc1cncc(NCc2cccc3ccccc23)c1. The van der Waals surface area contributed by atoms with Crippen molar-refractivity contribution in [2.75, 3.05) is 5.32 Å². The van der Waals surface area contributed by atoms with Crippen LogP contribution in [-0.4, -0.2) is 4.98 Å². The van der Waals surface area contributed by atoms with Gasteiger partial charge in [0.1, 0.15) is 0 Å². The van der Waals surface area contributed by atoms with Crippen molar-refractivity contribution in [3.8, 4) is 0 Å². The standard InChI is InChI=1S/C17H16N2/c1-13-9-16(12-18-10-13)19-11-15-7-4-6-14-5-2-3-8-17(14)15/h2-10,12,19H,11H2,1H3.